The summed E-state index contributed by atoms with van der Waals surface area (Å²) >= 11 is 0. The lowest BCUT2D eigenvalue weighted by Crippen LogP contribution is -2.63. The summed E-state index contributed by atoms with van der Waals surface area (Å²) in [5.74, 6) is 2.57. The first-order chi connectivity index (χ1) is 15.0. The van der Waals surface area contributed by atoms with Crippen molar-refractivity contribution in [3.05, 3.63) is 30.1 Å². The minimum Gasteiger partial charge on any atom is -0.358 e. The van der Waals surface area contributed by atoms with Crippen molar-refractivity contribution in [3.8, 4) is 0 Å². The van der Waals surface area contributed by atoms with Crippen molar-refractivity contribution in [2.45, 2.75) is 64.8 Å². The molecule has 3 heterocycles. The highest BCUT2D eigenvalue weighted by Gasteiger charge is 2.36. The molecule has 0 spiro atoms. The smallest absolute Gasteiger partial charge is 0.244 e. The summed E-state index contributed by atoms with van der Waals surface area (Å²) in [4.78, 5) is 28.0. The van der Waals surface area contributed by atoms with E-state index < -0.39 is 0 Å². The van der Waals surface area contributed by atoms with Gasteiger partial charge in [0.15, 0.2) is 0 Å². The highest BCUT2D eigenvalue weighted by molar-refractivity contribution is 5.92. The molecule has 7 heteroatoms. The van der Waals surface area contributed by atoms with Crippen molar-refractivity contribution in [3.63, 3.8) is 0 Å². The van der Waals surface area contributed by atoms with Gasteiger partial charge in [0.05, 0.1) is 18.2 Å². The molecule has 3 unspecified atom stereocenters. The van der Waals surface area contributed by atoms with Crippen molar-refractivity contribution < 1.29 is 4.79 Å². The Morgan fingerprint density at radius 3 is 2.65 bits per heavy atom. The van der Waals surface area contributed by atoms with Crippen LogP contribution in [0, 0.1) is 11.8 Å². The highest BCUT2D eigenvalue weighted by Crippen LogP contribution is 2.31. The molecular formula is C24H34N6O. The first kappa shape index (κ1) is 20.6. The summed E-state index contributed by atoms with van der Waals surface area (Å²) in [7, 11) is 0. The number of carbonyl (C=O) groups is 1. The summed E-state index contributed by atoms with van der Waals surface area (Å²) in [5.41, 5.74) is 0.925. The quantitative estimate of drug-likeness (QED) is 0.775. The van der Waals surface area contributed by atoms with Crippen LogP contribution < -0.4 is 10.6 Å². The largest absolute Gasteiger partial charge is 0.358 e. The van der Waals surface area contributed by atoms with Crippen LogP contribution in [0.3, 0.4) is 0 Å². The fourth-order valence-electron chi connectivity index (χ4n) is 5.43. The van der Waals surface area contributed by atoms with Gasteiger partial charge >= 0.3 is 0 Å². The summed E-state index contributed by atoms with van der Waals surface area (Å²) in [6.45, 7) is 9.99. The van der Waals surface area contributed by atoms with E-state index in [1.807, 2.05) is 24.3 Å². The van der Waals surface area contributed by atoms with Crippen LogP contribution >= 0.6 is 0 Å². The number of nitrogens with zero attached hydrogens (tertiary/aromatic N) is 4. The van der Waals surface area contributed by atoms with Gasteiger partial charge in [-0.2, -0.15) is 0 Å². The van der Waals surface area contributed by atoms with Gasteiger partial charge in [-0.05, 0) is 43.2 Å². The minimum atomic E-state index is -0.340. The van der Waals surface area contributed by atoms with E-state index in [9.17, 15) is 4.79 Å². The van der Waals surface area contributed by atoms with Gasteiger partial charge < -0.3 is 10.6 Å². The average molecular weight is 423 g/mol. The van der Waals surface area contributed by atoms with E-state index in [4.69, 9.17) is 9.97 Å². The molecule has 31 heavy (non-hydrogen) atoms. The Morgan fingerprint density at radius 2 is 1.87 bits per heavy atom. The third kappa shape index (κ3) is 4.13. The van der Waals surface area contributed by atoms with Crippen molar-refractivity contribution in [2.75, 3.05) is 25.0 Å². The van der Waals surface area contributed by atoms with Gasteiger partial charge in [0.1, 0.15) is 17.7 Å². The Balaban J connectivity index is 1.48. The van der Waals surface area contributed by atoms with Crippen molar-refractivity contribution in [1.82, 2.24) is 25.1 Å². The Kier molecular flexibility index (Phi) is 5.56. The van der Waals surface area contributed by atoms with Gasteiger partial charge in [0, 0.05) is 31.1 Å². The minimum absolute atomic E-state index is 0.0168. The fraction of sp³-hybridized carbons (Fsp3) is 0.625. The Hall–Kier alpha value is -2.25. The SMILES string of the molecule is CC1CCC(N2CCN3Cc4nc(c5ccccc5n4)N[C@@H](C(C)C)C(=O)NC3C2)C1. The van der Waals surface area contributed by atoms with Gasteiger partial charge in [-0.15, -0.1) is 0 Å². The molecule has 1 saturated carbocycles. The molecule has 2 fully saturated rings. The third-order valence-electron chi connectivity index (χ3n) is 7.25. The van der Waals surface area contributed by atoms with Crippen LogP contribution in [-0.4, -0.2) is 63.6 Å². The molecule has 2 N–H and O–H groups in total. The number of nitrogens with one attached hydrogen (secondary N) is 2. The van der Waals surface area contributed by atoms with E-state index in [0.29, 0.717) is 12.6 Å². The second-order valence-corrected chi connectivity index (χ2v) is 9.93. The number of aromatic nitrogens is 2. The number of hydrogen-bond donors (Lipinski definition) is 2. The summed E-state index contributed by atoms with van der Waals surface area (Å²) in [6.07, 6.45) is 3.84. The van der Waals surface area contributed by atoms with Gasteiger partial charge in [-0.1, -0.05) is 32.9 Å². The molecule has 1 amide bonds. The van der Waals surface area contributed by atoms with Crippen LogP contribution in [-0.2, 0) is 11.3 Å². The molecule has 166 valence electrons. The van der Waals surface area contributed by atoms with Crippen LogP contribution in [0.4, 0.5) is 5.82 Å². The number of amides is 1. The zero-order chi connectivity index (χ0) is 21.5. The van der Waals surface area contributed by atoms with Crippen LogP contribution in [0.2, 0.25) is 0 Å². The average Bonchev–Trinajstić information content (AvgIpc) is 3.18. The molecule has 1 saturated heterocycles. The maximum atomic E-state index is 13.4. The van der Waals surface area contributed by atoms with Gasteiger partial charge in [-0.25, -0.2) is 9.97 Å². The van der Waals surface area contributed by atoms with E-state index in [1.54, 1.807) is 0 Å². The topological polar surface area (TPSA) is 73.4 Å². The second-order valence-electron chi connectivity index (χ2n) is 9.93. The van der Waals surface area contributed by atoms with E-state index >= 15 is 0 Å². The Labute approximate surface area is 184 Å². The highest BCUT2D eigenvalue weighted by atomic mass is 16.2. The van der Waals surface area contributed by atoms with Crippen LogP contribution in [0.25, 0.3) is 10.9 Å². The molecular weight excluding hydrogens is 388 g/mol. The molecule has 7 nitrogen and oxygen atoms in total. The van der Waals surface area contributed by atoms with Crippen molar-refractivity contribution >= 4 is 22.6 Å². The molecule has 4 atom stereocenters. The summed E-state index contributed by atoms with van der Waals surface area (Å²) < 4.78 is 0. The fourth-order valence-corrected chi connectivity index (χ4v) is 5.43. The predicted octanol–water partition coefficient (Wildman–Crippen LogP) is 2.83. The zero-order valence-corrected chi connectivity index (χ0v) is 18.8. The number of fused-ring (bicyclic) bond motifs is 5. The van der Waals surface area contributed by atoms with Crippen molar-refractivity contribution in [1.29, 1.82) is 0 Å². The van der Waals surface area contributed by atoms with E-state index in [-0.39, 0.29) is 24.0 Å². The molecule has 5 rings (SSSR count). The molecule has 1 aromatic heterocycles. The molecule has 2 aromatic rings. The van der Waals surface area contributed by atoms with Crippen molar-refractivity contribution in [2.24, 2.45) is 11.8 Å². The number of para-hydroxylation sites is 1. The lowest BCUT2D eigenvalue weighted by atomic mass is 10.0. The molecule has 3 aliphatic rings. The number of anilines is 1. The number of carbonyl (C=O) groups excluding carboxylic acids is 1. The Bertz CT molecular complexity index is 962. The van der Waals surface area contributed by atoms with Crippen LogP contribution in [0.15, 0.2) is 24.3 Å². The predicted molar refractivity (Wildman–Crippen MR) is 123 cm³/mol. The number of piperazine rings is 1. The first-order valence-electron chi connectivity index (χ1n) is 11.8. The molecule has 1 aromatic carbocycles. The van der Waals surface area contributed by atoms with Crippen LogP contribution in [0.1, 0.15) is 45.9 Å². The lowest BCUT2D eigenvalue weighted by molar-refractivity contribution is -0.126. The molecule has 1 aliphatic carbocycles. The Morgan fingerprint density at radius 1 is 1.06 bits per heavy atom. The van der Waals surface area contributed by atoms with E-state index in [0.717, 1.165) is 48.1 Å². The summed E-state index contributed by atoms with van der Waals surface area (Å²) in [5, 5.41) is 7.78. The summed E-state index contributed by atoms with van der Waals surface area (Å²) in [6, 6.07) is 8.35. The molecule has 2 bridgehead atoms. The van der Waals surface area contributed by atoms with E-state index in [1.165, 1.54) is 19.3 Å². The maximum absolute atomic E-state index is 13.4. The second kappa shape index (κ2) is 8.36. The van der Waals surface area contributed by atoms with E-state index in [2.05, 4.69) is 41.2 Å². The van der Waals surface area contributed by atoms with Gasteiger partial charge in [0.25, 0.3) is 0 Å². The standard InChI is InChI=1S/C24H34N6O/c1-15(2)22-24(31)27-21-14-29(17-9-8-16(3)12-17)10-11-30(21)13-20-25-19-7-5-4-6-18(19)23(26-20)28-22/h4-7,15-17,21-22H,8-14H2,1-3H3,(H,27,31)(H,25,26,28)/t16?,17?,21?,22-/m0/s1. The maximum Gasteiger partial charge on any atom is 0.244 e. The molecule has 0 radical (unpaired) electrons. The van der Waals surface area contributed by atoms with Gasteiger partial charge in [0.2, 0.25) is 5.91 Å². The van der Waals surface area contributed by atoms with Crippen LogP contribution in [0.5, 0.6) is 0 Å². The first-order valence-corrected chi connectivity index (χ1v) is 11.8. The van der Waals surface area contributed by atoms with Gasteiger partial charge in [-0.3, -0.25) is 14.6 Å². The number of benzene rings is 1. The number of rotatable bonds is 2. The molecule has 2 aliphatic heterocycles. The lowest BCUT2D eigenvalue weighted by Gasteiger charge is -2.44. The number of hydrogen-bond acceptors (Lipinski definition) is 6. The zero-order valence-electron chi connectivity index (χ0n) is 18.8. The third-order valence-corrected chi connectivity index (χ3v) is 7.25. The monoisotopic (exact) mass is 422 g/mol. The normalized spacial score (nSPS) is 30.1.